The predicted molar refractivity (Wildman–Crippen MR) is 71.3 cm³/mol. The molecular weight excluding hydrogens is 236 g/mol. The minimum atomic E-state index is -0.857. The predicted octanol–water partition coefficient (Wildman–Crippen LogP) is 1.08. The summed E-state index contributed by atoms with van der Waals surface area (Å²) in [6.07, 6.45) is 0. The number of rotatable bonds is 5. The lowest BCUT2D eigenvalue weighted by Gasteiger charge is -2.20. The maximum absolute atomic E-state index is 11.7. The fraction of sp³-hybridized carbons (Fsp3) is 0.417. The maximum atomic E-state index is 11.7. The molecule has 0 aliphatic carbocycles. The van der Waals surface area contributed by atoms with Gasteiger partial charge in [-0.15, -0.1) is 11.8 Å². The summed E-state index contributed by atoms with van der Waals surface area (Å²) >= 11 is 1.75. The Bertz CT molecular complexity index is 367. The van der Waals surface area contributed by atoms with Crippen LogP contribution in [0.5, 0.6) is 0 Å². The van der Waals surface area contributed by atoms with E-state index in [9.17, 15) is 4.79 Å². The zero-order valence-electron chi connectivity index (χ0n) is 10.1. The minimum absolute atomic E-state index is 0.289. The first-order valence-corrected chi connectivity index (χ1v) is 6.45. The first-order chi connectivity index (χ1) is 8.10. The van der Waals surface area contributed by atoms with E-state index in [-0.39, 0.29) is 12.5 Å². The van der Waals surface area contributed by atoms with E-state index in [4.69, 9.17) is 10.8 Å². The lowest BCUT2D eigenvalue weighted by atomic mass is 10.2. The Morgan fingerprint density at radius 3 is 2.53 bits per heavy atom. The number of amides is 1. The van der Waals surface area contributed by atoms with Gasteiger partial charge in [-0.1, -0.05) is 6.92 Å². The topological polar surface area (TPSA) is 66.6 Å². The summed E-state index contributed by atoms with van der Waals surface area (Å²) in [5, 5.41) is 8.84. The van der Waals surface area contributed by atoms with E-state index in [1.165, 1.54) is 9.80 Å². The van der Waals surface area contributed by atoms with E-state index >= 15 is 0 Å². The number of hydrogen-bond acceptors (Lipinski definition) is 4. The molecule has 0 aromatic heterocycles. The highest BCUT2D eigenvalue weighted by atomic mass is 32.2. The number of aliphatic hydroxyl groups excluding tert-OH is 1. The van der Waals surface area contributed by atoms with Crippen LogP contribution in [0.3, 0.4) is 0 Å². The van der Waals surface area contributed by atoms with Gasteiger partial charge in [0.1, 0.15) is 6.04 Å². The van der Waals surface area contributed by atoms with Gasteiger partial charge in [0.05, 0.1) is 6.61 Å². The van der Waals surface area contributed by atoms with Crippen LogP contribution in [0.1, 0.15) is 6.92 Å². The van der Waals surface area contributed by atoms with Crippen molar-refractivity contribution in [2.75, 3.05) is 24.3 Å². The normalized spacial score (nSPS) is 12.2. The van der Waals surface area contributed by atoms with Gasteiger partial charge in [-0.25, -0.2) is 0 Å². The zero-order valence-corrected chi connectivity index (χ0v) is 10.9. The zero-order chi connectivity index (χ0) is 12.8. The molecule has 1 unspecified atom stereocenters. The smallest absolute Gasteiger partial charge is 0.246 e. The molecule has 0 radical (unpaired) electrons. The van der Waals surface area contributed by atoms with Crippen molar-refractivity contribution in [3.8, 4) is 0 Å². The second-order valence-corrected chi connectivity index (χ2v) is 4.95. The lowest BCUT2D eigenvalue weighted by molar-refractivity contribution is -0.120. The second-order valence-electron chi connectivity index (χ2n) is 3.61. The van der Waals surface area contributed by atoms with Crippen molar-refractivity contribution >= 4 is 23.4 Å². The van der Waals surface area contributed by atoms with E-state index < -0.39 is 6.04 Å². The summed E-state index contributed by atoms with van der Waals surface area (Å²) < 4.78 is 0. The van der Waals surface area contributed by atoms with E-state index in [1.807, 2.05) is 24.3 Å². The summed E-state index contributed by atoms with van der Waals surface area (Å²) in [6, 6.07) is 6.83. The molecule has 0 aliphatic heterocycles. The van der Waals surface area contributed by atoms with Crippen molar-refractivity contribution in [2.45, 2.75) is 17.9 Å². The third kappa shape index (κ3) is 3.73. The molecule has 0 saturated heterocycles. The lowest BCUT2D eigenvalue weighted by Crippen LogP contribution is -2.44. The van der Waals surface area contributed by atoms with Crippen molar-refractivity contribution in [1.29, 1.82) is 0 Å². The molecule has 94 valence electrons. The average molecular weight is 254 g/mol. The Hall–Kier alpha value is -1.04. The standard InChI is InChI=1S/C12H18N2O2S/c1-3-17-10-6-4-9(5-7-10)14(2)12(16)11(13)8-15/h4-7,11,15H,3,8,13H2,1-2H3. The summed E-state index contributed by atoms with van der Waals surface area (Å²) in [6.45, 7) is 1.75. The second kappa shape index (κ2) is 6.64. The molecule has 1 aromatic rings. The number of anilines is 1. The van der Waals surface area contributed by atoms with Gasteiger partial charge in [0, 0.05) is 17.6 Å². The molecule has 5 heteroatoms. The molecule has 0 heterocycles. The van der Waals surface area contributed by atoms with Gasteiger partial charge in [0.25, 0.3) is 0 Å². The number of aliphatic hydroxyl groups is 1. The third-order valence-corrected chi connectivity index (χ3v) is 3.27. The van der Waals surface area contributed by atoms with Gasteiger partial charge in [-0.3, -0.25) is 4.79 Å². The molecular formula is C12H18N2O2S. The molecule has 17 heavy (non-hydrogen) atoms. The highest BCUT2D eigenvalue weighted by Gasteiger charge is 2.17. The van der Waals surface area contributed by atoms with Crippen LogP contribution in [-0.2, 0) is 4.79 Å². The molecule has 1 amide bonds. The molecule has 0 aliphatic rings. The number of carbonyl (C=O) groups is 1. The van der Waals surface area contributed by atoms with Crippen LogP contribution in [0.4, 0.5) is 5.69 Å². The minimum Gasteiger partial charge on any atom is -0.394 e. The Morgan fingerprint density at radius 2 is 2.06 bits per heavy atom. The number of carbonyl (C=O) groups excluding carboxylic acids is 1. The number of thioether (sulfide) groups is 1. The first-order valence-electron chi connectivity index (χ1n) is 5.47. The molecule has 4 nitrogen and oxygen atoms in total. The van der Waals surface area contributed by atoms with Gasteiger partial charge in [-0.2, -0.15) is 0 Å². The van der Waals surface area contributed by atoms with E-state index in [0.717, 1.165) is 11.4 Å². The van der Waals surface area contributed by atoms with Gasteiger partial charge < -0.3 is 15.7 Å². The van der Waals surface area contributed by atoms with Gasteiger partial charge >= 0.3 is 0 Å². The summed E-state index contributed by atoms with van der Waals surface area (Å²) in [5.41, 5.74) is 6.26. The van der Waals surface area contributed by atoms with Crippen molar-refractivity contribution in [2.24, 2.45) is 5.73 Å². The van der Waals surface area contributed by atoms with Crippen LogP contribution in [-0.4, -0.2) is 36.5 Å². The highest BCUT2D eigenvalue weighted by Crippen LogP contribution is 2.21. The number of likely N-dealkylation sites (N-methyl/N-ethyl adjacent to an activating group) is 1. The molecule has 3 N–H and O–H groups in total. The van der Waals surface area contributed by atoms with Gasteiger partial charge in [0.2, 0.25) is 5.91 Å². The van der Waals surface area contributed by atoms with E-state index in [1.54, 1.807) is 18.8 Å². The first kappa shape index (κ1) is 14.0. The number of nitrogens with two attached hydrogens (primary N) is 1. The Kier molecular flexibility index (Phi) is 5.47. The Morgan fingerprint density at radius 1 is 1.47 bits per heavy atom. The fourth-order valence-corrected chi connectivity index (χ4v) is 2.05. The molecule has 1 atom stereocenters. The third-order valence-electron chi connectivity index (χ3n) is 2.38. The van der Waals surface area contributed by atoms with Crippen LogP contribution in [0.15, 0.2) is 29.2 Å². The highest BCUT2D eigenvalue weighted by molar-refractivity contribution is 7.99. The van der Waals surface area contributed by atoms with Crippen molar-refractivity contribution in [1.82, 2.24) is 0 Å². The van der Waals surface area contributed by atoms with Crippen LogP contribution in [0.2, 0.25) is 0 Å². The monoisotopic (exact) mass is 254 g/mol. The Labute approximate surface area is 106 Å². The Balaban J connectivity index is 2.75. The van der Waals surface area contributed by atoms with Crippen LogP contribution < -0.4 is 10.6 Å². The van der Waals surface area contributed by atoms with Crippen LogP contribution in [0.25, 0.3) is 0 Å². The van der Waals surface area contributed by atoms with Gasteiger partial charge in [-0.05, 0) is 30.0 Å². The average Bonchev–Trinajstić information content (AvgIpc) is 2.37. The fourth-order valence-electron chi connectivity index (χ4n) is 1.39. The number of hydrogen-bond donors (Lipinski definition) is 2. The molecule has 0 bridgehead atoms. The quantitative estimate of drug-likeness (QED) is 0.772. The molecule has 1 rings (SSSR count). The summed E-state index contributed by atoms with van der Waals surface area (Å²) in [5.74, 6) is 0.729. The van der Waals surface area contributed by atoms with Crippen molar-refractivity contribution in [3.05, 3.63) is 24.3 Å². The summed E-state index contributed by atoms with van der Waals surface area (Å²) in [7, 11) is 1.65. The SMILES string of the molecule is CCSc1ccc(N(C)C(=O)C(N)CO)cc1. The number of nitrogens with zero attached hydrogens (tertiary/aromatic N) is 1. The van der Waals surface area contributed by atoms with E-state index in [2.05, 4.69) is 6.92 Å². The van der Waals surface area contributed by atoms with Gasteiger partial charge in [0.15, 0.2) is 0 Å². The summed E-state index contributed by atoms with van der Waals surface area (Å²) in [4.78, 5) is 14.4. The molecule has 0 fully saturated rings. The van der Waals surface area contributed by atoms with Crippen LogP contribution >= 0.6 is 11.8 Å². The molecule has 0 saturated carbocycles. The van der Waals surface area contributed by atoms with E-state index in [0.29, 0.717) is 0 Å². The van der Waals surface area contributed by atoms with Crippen molar-refractivity contribution < 1.29 is 9.90 Å². The largest absolute Gasteiger partial charge is 0.394 e. The number of benzene rings is 1. The van der Waals surface area contributed by atoms with Crippen molar-refractivity contribution in [3.63, 3.8) is 0 Å². The maximum Gasteiger partial charge on any atom is 0.246 e. The molecule has 1 aromatic carbocycles. The van der Waals surface area contributed by atoms with Crippen LogP contribution in [0, 0.1) is 0 Å². The molecule has 0 spiro atoms.